The molecular weight excluding hydrogens is 431 g/mol. The molecule has 0 radical (unpaired) electrons. The second kappa shape index (κ2) is 11.7. The van der Waals surface area contributed by atoms with Gasteiger partial charge in [-0.3, -0.25) is 9.80 Å². The molecule has 6 heteroatoms. The van der Waals surface area contributed by atoms with Crippen molar-refractivity contribution in [3.63, 3.8) is 0 Å². The minimum absolute atomic E-state index is 0. The molecule has 2 aromatic carbocycles. The molecule has 1 N–H and O–H groups in total. The zero-order chi connectivity index (χ0) is 20.2. The number of aliphatic hydroxyl groups excluding tert-OH is 1. The van der Waals surface area contributed by atoms with E-state index in [1.807, 2.05) is 19.9 Å². The highest BCUT2D eigenvalue weighted by molar-refractivity contribution is 5.85. The van der Waals surface area contributed by atoms with Gasteiger partial charge in [0, 0.05) is 38.3 Å². The molecule has 4 rings (SSSR count). The molecular formula is C25H32Cl2N2O2. The lowest BCUT2D eigenvalue weighted by atomic mass is 9.96. The number of rotatable bonds is 6. The Morgan fingerprint density at radius 1 is 0.839 bits per heavy atom. The van der Waals surface area contributed by atoms with Crippen LogP contribution in [0.15, 0.2) is 71.1 Å². The number of aliphatic hydroxyl groups is 1. The average Bonchev–Trinajstić information content (AvgIpc) is 3.09. The van der Waals surface area contributed by atoms with Gasteiger partial charge in [0.25, 0.3) is 0 Å². The first kappa shape index (κ1) is 25.4. The average molecular weight is 463 g/mol. The molecule has 1 aliphatic rings. The van der Waals surface area contributed by atoms with E-state index in [0.29, 0.717) is 6.54 Å². The van der Waals surface area contributed by atoms with Crippen molar-refractivity contribution >= 4 is 24.8 Å². The molecule has 0 bridgehead atoms. The number of halogens is 2. The molecule has 1 aromatic heterocycles. The van der Waals surface area contributed by atoms with E-state index < -0.39 is 6.10 Å². The lowest BCUT2D eigenvalue weighted by Crippen LogP contribution is -2.48. The minimum atomic E-state index is -0.502. The molecule has 1 saturated heterocycles. The molecule has 4 nitrogen and oxygen atoms in total. The van der Waals surface area contributed by atoms with E-state index in [0.717, 1.165) is 43.3 Å². The molecule has 31 heavy (non-hydrogen) atoms. The lowest BCUT2D eigenvalue weighted by molar-refractivity contribution is 0.0617. The van der Waals surface area contributed by atoms with E-state index in [4.69, 9.17) is 4.42 Å². The van der Waals surface area contributed by atoms with Crippen molar-refractivity contribution in [1.29, 1.82) is 0 Å². The van der Waals surface area contributed by atoms with Crippen molar-refractivity contribution in [1.82, 2.24) is 9.80 Å². The van der Waals surface area contributed by atoms with Gasteiger partial charge in [-0.1, -0.05) is 60.7 Å². The maximum Gasteiger partial charge on any atom is 0.106 e. The second-order valence-corrected chi connectivity index (χ2v) is 7.94. The zero-order valence-corrected chi connectivity index (χ0v) is 19.7. The first-order valence-electron chi connectivity index (χ1n) is 10.4. The minimum Gasteiger partial charge on any atom is -0.466 e. The summed E-state index contributed by atoms with van der Waals surface area (Å²) >= 11 is 0. The normalized spacial score (nSPS) is 15.9. The molecule has 2 heterocycles. The Hall–Kier alpha value is -1.82. The van der Waals surface area contributed by atoms with Crippen LogP contribution in [0, 0.1) is 13.8 Å². The first-order valence-corrected chi connectivity index (χ1v) is 10.4. The second-order valence-electron chi connectivity index (χ2n) is 7.94. The Balaban J connectivity index is 0.00000171. The van der Waals surface area contributed by atoms with Crippen molar-refractivity contribution in [2.24, 2.45) is 0 Å². The summed E-state index contributed by atoms with van der Waals surface area (Å²) in [5.74, 6) is 1.68. The number of aryl methyl sites for hydroxylation is 2. The quantitative estimate of drug-likeness (QED) is 0.547. The fourth-order valence-electron chi connectivity index (χ4n) is 4.41. The van der Waals surface area contributed by atoms with Crippen molar-refractivity contribution < 1.29 is 9.52 Å². The van der Waals surface area contributed by atoms with Gasteiger partial charge in [-0.05, 0) is 31.0 Å². The number of piperazine rings is 1. The molecule has 168 valence electrons. The third-order valence-electron chi connectivity index (χ3n) is 5.87. The molecule has 1 atom stereocenters. The van der Waals surface area contributed by atoms with E-state index >= 15 is 0 Å². The Morgan fingerprint density at radius 2 is 1.35 bits per heavy atom. The monoisotopic (exact) mass is 462 g/mol. The molecule has 0 spiro atoms. The van der Waals surface area contributed by atoms with Crippen LogP contribution in [0.4, 0.5) is 0 Å². The van der Waals surface area contributed by atoms with Crippen LogP contribution in [0.3, 0.4) is 0 Å². The summed E-state index contributed by atoms with van der Waals surface area (Å²) in [6.45, 7) is 8.35. The van der Waals surface area contributed by atoms with Crippen LogP contribution < -0.4 is 0 Å². The third-order valence-corrected chi connectivity index (χ3v) is 5.87. The van der Waals surface area contributed by atoms with E-state index in [1.54, 1.807) is 0 Å². The summed E-state index contributed by atoms with van der Waals surface area (Å²) in [6, 6.07) is 23.7. The predicted octanol–water partition coefficient (Wildman–Crippen LogP) is 5.18. The number of hydrogen-bond donors (Lipinski definition) is 1. The van der Waals surface area contributed by atoms with Crippen LogP contribution in [0.2, 0.25) is 0 Å². The number of nitrogens with zero attached hydrogens (tertiary/aromatic N) is 2. The summed E-state index contributed by atoms with van der Waals surface area (Å²) < 4.78 is 5.58. The summed E-state index contributed by atoms with van der Waals surface area (Å²) in [5.41, 5.74) is 3.57. The molecule has 0 amide bonds. The number of hydrogen-bond acceptors (Lipinski definition) is 4. The Kier molecular flexibility index (Phi) is 9.60. The van der Waals surface area contributed by atoms with Crippen molar-refractivity contribution in [2.45, 2.75) is 26.0 Å². The standard InChI is InChI=1S/C25H30N2O2.2ClH/c1-19-17-23(20(2)29-19)24(28)18-26-13-15-27(16-14-26)25(21-9-5-3-6-10-21)22-11-7-4-8-12-22;;/h3-12,17,24-25,28H,13-16,18H2,1-2H3;2*1H. The lowest BCUT2D eigenvalue weighted by Gasteiger charge is -2.40. The Labute approximate surface area is 197 Å². The van der Waals surface area contributed by atoms with Crippen molar-refractivity contribution in [2.75, 3.05) is 32.7 Å². The highest BCUT2D eigenvalue weighted by Gasteiger charge is 2.27. The van der Waals surface area contributed by atoms with Gasteiger partial charge in [0.1, 0.15) is 11.5 Å². The fraction of sp³-hybridized carbons (Fsp3) is 0.360. The summed E-state index contributed by atoms with van der Waals surface area (Å²) in [6.07, 6.45) is -0.502. The van der Waals surface area contributed by atoms with E-state index in [-0.39, 0.29) is 30.9 Å². The maximum atomic E-state index is 10.7. The van der Waals surface area contributed by atoms with Gasteiger partial charge in [-0.2, -0.15) is 0 Å². The van der Waals surface area contributed by atoms with Crippen LogP contribution in [-0.4, -0.2) is 47.6 Å². The van der Waals surface area contributed by atoms with Gasteiger partial charge in [0.05, 0.1) is 12.1 Å². The first-order chi connectivity index (χ1) is 14.1. The smallest absolute Gasteiger partial charge is 0.106 e. The van der Waals surface area contributed by atoms with Crippen LogP contribution in [0.25, 0.3) is 0 Å². The van der Waals surface area contributed by atoms with Crippen molar-refractivity contribution in [3.8, 4) is 0 Å². The third kappa shape index (κ3) is 6.12. The summed E-state index contributed by atoms with van der Waals surface area (Å²) in [5, 5.41) is 10.7. The van der Waals surface area contributed by atoms with Crippen LogP contribution in [0.1, 0.15) is 40.4 Å². The Bertz CT molecular complexity index is 870. The number of β-amino-alcohol motifs (C(OH)–C–C–N with tert-alkyl or cyclic N) is 1. The number of benzene rings is 2. The van der Waals surface area contributed by atoms with Gasteiger partial charge in [-0.15, -0.1) is 24.8 Å². The van der Waals surface area contributed by atoms with E-state index in [1.165, 1.54) is 11.1 Å². The van der Waals surface area contributed by atoms with E-state index in [2.05, 4.69) is 70.5 Å². The highest BCUT2D eigenvalue weighted by Crippen LogP contribution is 2.30. The van der Waals surface area contributed by atoms with Crippen LogP contribution >= 0.6 is 24.8 Å². The molecule has 0 saturated carbocycles. The summed E-state index contributed by atoms with van der Waals surface area (Å²) in [4.78, 5) is 4.91. The summed E-state index contributed by atoms with van der Waals surface area (Å²) in [7, 11) is 0. The molecule has 3 aromatic rings. The van der Waals surface area contributed by atoms with Gasteiger partial charge < -0.3 is 9.52 Å². The van der Waals surface area contributed by atoms with Gasteiger partial charge in [0.15, 0.2) is 0 Å². The molecule has 1 fully saturated rings. The van der Waals surface area contributed by atoms with E-state index in [9.17, 15) is 5.11 Å². The van der Waals surface area contributed by atoms with Crippen molar-refractivity contribution in [3.05, 3.63) is 94.9 Å². The predicted molar refractivity (Wildman–Crippen MR) is 130 cm³/mol. The van der Waals surface area contributed by atoms with Gasteiger partial charge >= 0.3 is 0 Å². The van der Waals surface area contributed by atoms with Gasteiger partial charge in [0.2, 0.25) is 0 Å². The topological polar surface area (TPSA) is 39.9 Å². The SMILES string of the molecule is Cc1cc(C(O)CN2CCN(C(c3ccccc3)c3ccccc3)CC2)c(C)o1.Cl.Cl. The highest BCUT2D eigenvalue weighted by atomic mass is 35.5. The molecule has 1 aliphatic heterocycles. The maximum absolute atomic E-state index is 10.7. The largest absolute Gasteiger partial charge is 0.466 e. The molecule has 1 unspecified atom stereocenters. The van der Waals surface area contributed by atoms with Crippen LogP contribution in [0.5, 0.6) is 0 Å². The van der Waals surface area contributed by atoms with Crippen LogP contribution in [-0.2, 0) is 0 Å². The molecule has 0 aliphatic carbocycles. The zero-order valence-electron chi connectivity index (χ0n) is 18.1. The van der Waals surface area contributed by atoms with Gasteiger partial charge in [-0.25, -0.2) is 0 Å². The fourth-order valence-corrected chi connectivity index (χ4v) is 4.41. The Morgan fingerprint density at radius 3 is 1.81 bits per heavy atom. The number of furan rings is 1.